The van der Waals surface area contributed by atoms with E-state index in [9.17, 15) is 4.39 Å². The second-order valence-corrected chi connectivity index (χ2v) is 5.73. The van der Waals surface area contributed by atoms with Gasteiger partial charge < -0.3 is 10.1 Å². The fourth-order valence-electron chi connectivity index (χ4n) is 2.33. The van der Waals surface area contributed by atoms with Crippen molar-refractivity contribution in [1.82, 2.24) is 5.32 Å². The first-order valence-corrected chi connectivity index (χ1v) is 7.65. The molecule has 0 saturated heterocycles. The number of ether oxygens (including phenoxy) is 1. The molecule has 1 unspecified atom stereocenters. The van der Waals surface area contributed by atoms with E-state index in [1.54, 1.807) is 13.2 Å². The molecule has 0 spiro atoms. The van der Waals surface area contributed by atoms with Gasteiger partial charge in [0.2, 0.25) is 0 Å². The molecule has 0 radical (unpaired) electrons. The van der Waals surface area contributed by atoms with E-state index in [1.807, 2.05) is 7.05 Å². The molecule has 0 fully saturated rings. The molecule has 2 rings (SSSR count). The van der Waals surface area contributed by atoms with Crippen LogP contribution in [0.15, 0.2) is 46.9 Å². The third-order valence-corrected chi connectivity index (χ3v) is 4.16. The minimum Gasteiger partial charge on any atom is -0.384 e. The monoisotopic (exact) mass is 351 g/mol. The zero-order valence-corrected chi connectivity index (χ0v) is 13.8. The van der Waals surface area contributed by atoms with E-state index >= 15 is 0 Å². The van der Waals surface area contributed by atoms with Crippen LogP contribution in [0, 0.1) is 5.82 Å². The van der Waals surface area contributed by atoms with Gasteiger partial charge in [-0.25, -0.2) is 4.39 Å². The molecule has 112 valence electrons. The zero-order chi connectivity index (χ0) is 15.2. The SMILES string of the molecule is CNC(c1ccc(CCOC)cc1)c1ccc(F)cc1Br. The van der Waals surface area contributed by atoms with Crippen LogP contribution in [0.25, 0.3) is 0 Å². The molecule has 0 aliphatic rings. The molecule has 0 saturated carbocycles. The topological polar surface area (TPSA) is 21.3 Å². The standard InChI is InChI=1S/C17H19BrFNO/c1-20-17(15-8-7-14(19)11-16(15)18)13-5-3-12(4-6-13)9-10-21-2/h3-8,11,17,20H,9-10H2,1-2H3. The van der Waals surface area contributed by atoms with Gasteiger partial charge in [0.25, 0.3) is 0 Å². The Morgan fingerprint density at radius 2 is 1.90 bits per heavy atom. The van der Waals surface area contributed by atoms with Crippen LogP contribution in [-0.2, 0) is 11.2 Å². The van der Waals surface area contributed by atoms with Gasteiger partial charge in [-0.05, 0) is 42.3 Å². The highest BCUT2D eigenvalue weighted by molar-refractivity contribution is 9.10. The largest absolute Gasteiger partial charge is 0.384 e. The van der Waals surface area contributed by atoms with Crippen LogP contribution in [0.1, 0.15) is 22.7 Å². The average Bonchev–Trinajstić information content (AvgIpc) is 2.49. The van der Waals surface area contributed by atoms with Gasteiger partial charge >= 0.3 is 0 Å². The van der Waals surface area contributed by atoms with Crippen molar-refractivity contribution >= 4 is 15.9 Å². The van der Waals surface area contributed by atoms with Gasteiger partial charge in [0.15, 0.2) is 0 Å². The summed E-state index contributed by atoms with van der Waals surface area (Å²) in [5, 5.41) is 3.28. The minimum atomic E-state index is -0.240. The first-order chi connectivity index (χ1) is 10.2. The summed E-state index contributed by atoms with van der Waals surface area (Å²) >= 11 is 3.44. The maximum atomic E-state index is 13.2. The average molecular weight is 352 g/mol. The number of rotatable bonds is 6. The molecule has 21 heavy (non-hydrogen) atoms. The molecule has 2 aromatic rings. The van der Waals surface area contributed by atoms with Crippen molar-refractivity contribution in [3.05, 3.63) is 69.4 Å². The molecule has 0 bridgehead atoms. The molecule has 2 aromatic carbocycles. The van der Waals surface area contributed by atoms with E-state index < -0.39 is 0 Å². The number of hydrogen-bond acceptors (Lipinski definition) is 2. The summed E-state index contributed by atoms with van der Waals surface area (Å²) in [6, 6.07) is 13.2. The van der Waals surface area contributed by atoms with Crippen molar-refractivity contribution < 1.29 is 9.13 Å². The molecule has 0 amide bonds. The maximum Gasteiger partial charge on any atom is 0.124 e. The first-order valence-electron chi connectivity index (χ1n) is 6.85. The first kappa shape index (κ1) is 16.1. The lowest BCUT2D eigenvalue weighted by molar-refractivity contribution is 0.202. The molecule has 2 nitrogen and oxygen atoms in total. The summed E-state index contributed by atoms with van der Waals surface area (Å²) in [6.45, 7) is 0.721. The van der Waals surface area contributed by atoms with Gasteiger partial charge in [-0.2, -0.15) is 0 Å². The molecule has 0 aromatic heterocycles. The Morgan fingerprint density at radius 3 is 2.48 bits per heavy atom. The summed E-state index contributed by atoms with van der Waals surface area (Å²) in [5.74, 6) is -0.240. The predicted octanol–water partition coefficient (Wildman–Crippen LogP) is 4.09. The minimum absolute atomic E-state index is 0.0245. The van der Waals surface area contributed by atoms with Crippen molar-refractivity contribution in [1.29, 1.82) is 0 Å². The van der Waals surface area contributed by atoms with Crippen LogP contribution in [0.2, 0.25) is 0 Å². The Labute approximate surface area is 133 Å². The van der Waals surface area contributed by atoms with Crippen molar-refractivity contribution in [3.8, 4) is 0 Å². The van der Waals surface area contributed by atoms with Crippen molar-refractivity contribution in [3.63, 3.8) is 0 Å². The van der Waals surface area contributed by atoms with Crippen LogP contribution in [-0.4, -0.2) is 20.8 Å². The Balaban J connectivity index is 2.24. The number of benzene rings is 2. The van der Waals surface area contributed by atoms with Gasteiger partial charge in [-0.15, -0.1) is 0 Å². The molecule has 1 N–H and O–H groups in total. The lowest BCUT2D eigenvalue weighted by Crippen LogP contribution is -2.18. The zero-order valence-electron chi connectivity index (χ0n) is 12.2. The lowest BCUT2D eigenvalue weighted by Gasteiger charge is -2.19. The van der Waals surface area contributed by atoms with E-state index in [-0.39, 0.29) is 11.9 Å². The van der Waals surface area contributed by atoms with Crippen LogP contribution in [0.5, 0.6) is 0 Å². The van der Waals surface area contributed by atoms with Crippen molar-refractivity contribution in [2.24, 2.45) is 0 Å². The van der Waals surface area contributed by atoms with Gasteiger partial charge in [0, 0.05) is 11.6 Å². The highest BCUT2D eigenvalue weighted by Gasteiger charge is 2.15. The summed E-state index contributed by atoms with van der Waals surface area (Å²) in [6.07, 6.45) is 0.904. The quantitative estimate of drug-likeness (QED) is 0.846. The molecular weight excluding hydrogens is 333 g/mol. The van der Waals surface area contributed by atoms with Crippen LogP contribution in [0.3, 0.4) is 0 Å². The summed E-state index contributed by atoms with van der Waals surface area (Å²) in [5.41, 5.74) is 3.41. The second-order valence-electron chi connectivity index (χ2n) is 4.87. The molecular formula is C17H19BrFNO. The third kappa shape index (κ3) is 4.13. The van der Waals surface area contributed by atoms with Crippen LogP contribution >= 0.6 is 15.9 Å². The normalized spacial score (nSPS) is 12.4. The second kappa shape index (κ2) is 7.69. The Kier molecular flexibility index (Phi) is 5.91. The van der Waals surface area contributed by atoms with Gasteiger partial charge in [0.05, 0.1) is 12.6 Å². The fraction of sp³-hybridized carbons (Fsp3) is 0.294. The number of hydrogen-bond donors (Lipinski definition) is 1. The smallest absolute Gasteiger partial charge is 0.124 e. The number of nitrogens with one attached hydrogen (secondary N) is 1. The molecule has 1 atom stereocenters. The lowest BCUT2D eigenvalue weighted by atomic mass is 9.97. The van der Waals surface area contributed by atoms with Crippen molar-refractivity contribution in [2.45, 2.75) is 12.5 Å². The van der Waals surface area contributed by atoms with E-state index in [4.69, 9.17) is 4.74 Å². The van der Waals surface area contributed by atoms with Crippen LogP contribution in [0.4, 0.5) is 4.39 Å². The molecule has 4 heteroatoms. The summed E-state index contributed by atoms with van der Waals surface area (Å²) in [7, 11) is 3.61. The van der Waals surface area contributed by atoms with Crippen LogP contribution < -0.4 is 5.32 Å². The van der Waals surface area contributed by atoms with Gasteiger partial charge in [0.1, 0.15) is 5.82 Å². The maximum absolute atomic E-state index is 13.2. The third-order valence-electron chi connectivity index (χ3n) is 3.47. The molecule has 0 aliphatic heterocycles. The fourth-order valence-corrected chi connectivity index (χ4v) is 2.91. The summed E-state index contributed by atoms with van der Waals surface area (Å²) < 4.78 is 19.1. The van der Waals surface area contributed by atoms with E-state index in [2.05, 4.69) is 45.5 Å². The highest BCUT2D eigenvalue weighted by Crippen LogP contribution is 2.29. The number of halogens is 2. The van der Waals surface area contributed by atoms with E-state index in [1.165, 1.54) is 17.7 Å². The Morgan fingerprint density at radius 1 is 1.19 bits per heavy atom. The number of methoxy groups -OCH3 is 1. The Bertz CT molecular complexity index is 586. The summed E-state index contributed by atoms with van der Waals surface area (Å²) in [4.78, 5) is 0. The Hall–Kier alpha value is -1.23. The molecule has 0 heterocycles. The van der Waals surface area contributed by atoms with E-state index in [0.29, 0.717) is 0 Å². The predicted molar refractivity (Wildman–Crippen MR) is 87.0 cm³/mol. The highest BCUT2D eigenvalue weighted by atomic mass is 79.9. The van der Waals surface area contributed by atoms with Gasteiger partial charge in [-0.3, -0.25) is 0 Å². The van der Waals surface area contributed by atoms with Gasteiger partial charge in [-0.1, -0.05) is 46.3 Å². The van der Waals surface area contributed by atoms with Crippen molar-refractivity contribution in [2.75, 3.05) is 20.8 Å². The van der Waals surface area contributed by atoms with E-state index in [0.717, 1.165) is 28.6 Å². The molecule has 0 aliphatic carbocycles.